The summed E-state index contributed by atoms with van der Waals surface area (Å²) in [7, 11) is 0. The van der Waals surface area contributed by atoms with E-state index in [0.717, 1.165) is 25.3 Å². The Morgan fingerprint density at radius 3 is 3.05 bits per heavy atom. The number of aromatic nitrogens is 4. The third kappa shape index (κ3) is 1.99. The number of H-pyrrole nitrogens is 1. The number of nitrogens with one attached hydrogen (secondary N) is 1. The molecule has 2 aromatic rings. The summed E-state index contributed by atoms with van der Waals surface area (Å²) in [6.45, 7) is 5.75. The first-order chi connectivity index (χ1) is 9.06. The minimum absolute atomic E-state index is 0.249. The molecule has 7 heteroatoms. The minimum atomic E-state index is -0.249. The summed E-state index contributed by atoms with van der Waals surface area (Å²) in [5.41, 5.74) is 6.39. The lowest BCUT2D eigenvalue weighted by atomic mass is 9.95. The van der Waals surface area contributed by atoms with Gasteiger partial charge in [0.25, 0.3) is 0 Å². The fraction of sp³-hybridized carbons (Fsp3) is 0.583. The minimum Gasteiger partial charge on any atom is -0.356 e. The van der Waals surface area contributed by atoms with Crippen LogP contribution in [-0.2, 0) is 0 Å². The van der Waals surface area contributed by atoms with Crippen LogP contribution < -0.4 is 16.3 Å². The fourth-order valence-electron chi connectivity index (χ4n) is 2.62. The first kappa shape index (κ1) is 12.2. The molecule has 1 saturated heterocycles. The van der Waals surface area contributed by atoms with Gasteiger partial charge in [-0.25, -0.2) is 19.3 Å². The van der Waals surface area contributed by atoms with Crippen molar-refractivity contribution in [3.05, 3.63) is 22.4 Å². The number of fused-ring (bicyclic) bond motifs is 1. The molecule has 102 valence electrons. The Morgan fingerprint density at radius 1 is 1.53 bits per heavy atom. The third-order valence-corrected chi connectivity index (χ3v) is 3.85. The number of nitrogens with zero attached hydrogens (tertiary/aromatic N) is 4. The predicted octanol–water partition coefficient (Wildman–Crippen LogP) is -0.100. The number of aryl methyl sites for hydroxylation is 1. The molecule has 0 bridgehead atoms. The van der Waals surface area contributed by atoms with Crippen molar-refractivity contribution in [2.45, 2.75) is 26.3 Å². The molecule has 7 nitrogen and oxygen atoms in total. The number of aromatic amines is 1. The number of nitrogens with two attached hydrogens (primary N) is 1. The van der Waals surface area contributed by atoms with E-state index in [2.05, 4.69) is 27.0 Å². The van der Waals surface area contributed by atoms with Gasteiger partial charge in [-0.1, -0.05) is 6.92 Å². The molecule has 0 spiro atoms. The van der Waals surface area contributed by atoms with Crippen LogP contribution in [0.2, 0.25) is 0 Å². The van der Waals surface area contributed by atoms with E-state index >= 15 is 0 Å². The molecule has 2 aromatic heterocycles. The highest BCUT2D eigenvalue weighted by atomic mass is 16.1. The maximum absolute atomic E-state index is 11.6. The average molecular weight is 262 g/mol. The van der Waals surface area contributed by atoms with Crippen molar-refractivity contribution < 1.29 is 0 Å². The summed E-state index contributed by atoms with van der Waals surface area (Å²) in [5.74, 6) is 1.95. The molecule has 0 saturated carbocycles. The molecule has 1 aliphatic heterocycles. The Labute approximate surface area is 110 Å². The molecule has 3 heterocycles. The number of rotatable bonds is 1. The number of hydrogen-bond acceptors (Lipinski definition) is 5. The van der Waals surface area contributed by atoms with E-state index in [4.69, 9.17) is 5.73 Å². The van der Waals surface area contributed by atoms with Crippen molar-refractivity contribution in [2.75, 3.05) is 18.0 Å². The normalized spacial score (nSPS) is 24.1. The Balaban J connectivity index is 1.99. The van der Waals surface area contributed by atoms with Crippen LogP contribution >= 0.6 is 0 Å². The molecule has 0 aromatic carbocycles. The van der Waals surface area contributed by atoms with Gasteiger partial charge in [-0.2, -0.15) is 5.10 Å². The Kier molecular flexibility index (Phi) is 2.78. The second kappa shape index (κ2) is 4.34. The largest absolute Gasteiger partial charge is 0.356 e. The second-order valence-electron chi connectivity index (χ2n) is 5.26. The first-order valence-electron chi connectivity index (χ1n) is 6.51. The molecular formula is C12H18N6O. The van der Waals surface area contributed by atoms with E-state index in [1.165, 1.54) is 4.40 Å². The van der Waals surface area contributed by atoms with E-state index in [9.17, 15) is 4.79 Å². The average Bonchev–Trinajstić information content (AvgIpc) is 2.75. The Hall–Kier alpha value is -1.89. The summed E-state index contributed by atoms with van der Waals surface area (Å²) in [4.78, 5) is 18.3. The van der Waals surface area contributed by atoms with Crippen LogP contribution in [0.15, 0.2) is 10.9 Å². The van der Waals surface area contributed by atoms with Gasteiger partial charge in [-0.15, -0.1) is 0 Å². The number of hydrogen-bond donors (Lipinski definition) is 2. The van der Waals surface area contributed by atoms with E-state index in [-0.39, 0.29) is 11.7 Å². The zero-order chi connectivity index (χ0) is 13.6. The van der Waals surface area contributed by atoms with Gasteiger partial charge in [0.05, 0.1) is 0 Å². The van der Waals surface area contributed by atoms with E-state index in [0.29, 0.717) is 17.4 Å². The van der Waals surface area contributed by atoms with Crippen LogP contribution in [0.1, 0.15) is 19.2 Å². The molecule has 3 rings (SSSR count). The second-order valence-corrected chi connectivity index (χ2v) is 5.26. The van der Waals surface area contributed by atoms with Crippen LogP contribution in [0.5, 0.6) is 0 Å². The summed E-state index contributed by atoms with van der Waals surface area (Å²) >= 11 is 0. The van der Waals surface area contributed by atoms with Crippen LogP contribution in [0, 0.1) is 12.8 Å². The summed E-state index contributed by atoms with van der Waals surface area (Å²) in [5, 5.41) is 6.44. The molecular weight excluding hydrogens is 244 g/mol. The monoisotopic (exact) mass is 262 g/mol. The fourth-order valence-corrected chi connectivity index (χ4v) is 2.62. The van der Waals surface area contributed by atoms with Gasteiger partial charge in [0.2, 0.25) is 0 Å². The van der Waals surface area contributed by atoms with Gasteiger partial charge in [0.1, 0.15) is 11.6 Å². The summed E-state index contributed by atoms with van der Waals surface area (Å²) < 4.78 is 1.47. The van der Waals surface area contributed by atoms with Crippen molar-refractivity contribution in [2.24, 2.45) is 11.7 Å². The standard InChI is InChI=1S/C12H18N6O/c1-7-6-17(4-3-9(7)13)10-5-11-15-16-12(19)18(11)8(2)14-10/h5,7,9H,3-4,6,13H2,1-2H3,(H,16,19). The molecule has 19 heavy (non-hydrogen) atoms. The van der Waals surface area contributed by atoms with Gasteiger partial charge in [0, 0.05) is 25.2 Å². The zero-order valence-corrected chi connectivity index (χ0v) is 11.1. The molecule has 0 aliphatic carbocycles. The lowest BCUT2D eigenvalue weighted by molar-refractivity contribution is 0.381. The summed E-state index contributed by atoms with van der Waals surface area (Å²) in [6, 6.07) is 2.10. The van der Waals surface area contributed by atoms with Crippen molar-refractivity contribution >= 4 is 11.5 Å². The van der Waals surface area contributed by atoms with Crippen LogP contribution in [0.4, 0.5) is 5.82 Å². The molecule has 2 unspecified atom stereocenters. The van der Waals surface area contributed by atoms with Crippen molar-refractivity contribution in [3.8, 4) is 0 Å². The third-order valence-electron chi connectivity index (χ3n) is 3.85. The van der Waals surface area contributed by atoms with Crippen molar-refractivity contribution in [1.29, 1.82) is 0 Å². The maximum Gasteiger partial charge on any atom is 0.349 e. The van der Waals surface area contributed by atoms with Crippen LogP contribution in [0.25, 0.3) is 5.65 Å². The van der Waals surface area contributed by atoms with E-state index in [1.54, 1.807) is 0 Å². The van der Waals surface area contributed by atoms with Gasteiger partial charge in [-0.3, -0.25) is 0 Å². The molecule has 0 amide bonds. The lowest BCUT2D eigenvalue weighted by Gasteiger charge is -2.35. The highest BCUT2D eigenvalue weighted by molar-refractivity contribution is 5.51. The van der Waals surface area contributed by atoms with Gasteiger partial charge < -0.3 is 10.6 Å². The SMILES string of the molecule is Cc1nc(N2CCC(N)C(C)C2)cc2n[nH]c(=O)n12. The molecule has 0 radical (unpaired) electrons. The molecule has 2 atom stereocenters. The van der Waals surface area contributed by atoms with Crippen LogP contribution in [0.3, 0.4) is 0 Å². The van der Waals surface area contributed by atoms with Gasteiger partial charge in [0.15, 0.2) is 5.65 Å². The van der Waals surface area contributed by atoms with Crippen LogP contribution in [-0.4, -0.2) is 38.7 Å². The zero-order valence-electron chi connectivity index (χ0n) is 11.1. The topological polar surface area (TPSA) is 92.3 Å². The van der Waals surface area contributed by atoms with E-state index < -0.39 is 0 Å². The quantitative estimate of drug-likeness (QED) is 0.748. The predicted molar refractivity (Wildman–Crippen MR) is 72.3 cm³/mol. The number of piperidine rings is 1. The Morgan fingerprint density at radius 2 is 2.32 bits per heavy atom. The molecule has 3 N–H and O–H groups in total. The van der Waals surface area contributed by atoms with Gasteiger partial charge in [-0.05, 0) is 19.3 Å². The maximum atomic E-state index is 11.6. The van der Waals surface area contributed by atoms with Crippen molar-refractivity contribution in [1.82, 2.24) is 19.6 Å². The highest BCUT2D eigenvalue weighted by Crippen LogP contribution is 2.21. The van der Waals surface area contributed by atoms with Crippen molar-refractivity contribution in [3.63, 3.8) is 0 Å². The number of anilines is 1. The Bertz CT molecular complexity index is 660. The highest BCUT2D eigenvalue weighted by Gasteiger charge is 2.24. The summed E-state index contributed by atoms with van der Waals surface area (Å²) in [6.07, 6.45) is 0.959. The molecule has 1 fully saturated rings. The molecule has 1 aliphatic rings. The lowest BCUT2D eigenvalue weighted by Crippen LogP contribution is -2.46. The first-order valence-corrected chi connectivity index (χ1v) is 6.51. The smallest absolute Gasteiger partial charge is 0.349 e. The van der Waals surface area contributed by atoms with E-state index in [1.807, 2.05) is 13.0 Å². The van der Waals surface area contributed by atoms with Gasteiger partial charge >= 0.3 is 5.69 Å².